The molecule has 7 heteroatoms. The number of hydrogen-bond donors (Lipinski definition) is 0. The second-order valence-electron chi connectivity index (χ2n) is 9.38. The lowest BCUT2D eigenvalue weighted by atomic mass is 9.75. The summed E-state index contributed by atoms with van der Waals surface area (Å²) in [5.41, 5.74) is 4.40. The highest BCUT2D eigenvalue weighted by Crippen LogP contribution is 2.58. The van der Waals surface area contributed by atoms with Crippen LogP contribution in [0.2, 0.25) is 0 Å². The summed E-state index contributed by atoms with van der Waals surface area (Å²) in [5.74, 6) is 1.29. The largest absolute Gasteiger partial charge is 0.456 e. The van der Waals surface area contributed by atoms with Crippen LogP contribution in [0.5, 0.6) is 11.5 Å². The Bertz CT molecular complexity index is 1450. The summed E-state index contributed by atoms with van der Waals surface area (Å²) in [6.45, 7) is 0. The van der Waals surface area contributed by atoms with Gasteiger partial charge in [0.15, 0.2) is 0 Å². The smallest absolute Gasteiger partial charge is 0.275 e. The van der Waals surface area contributed by atoms with E-state index >= 15 is 0 Å². The van der Waals surface area contributed by atoms with E-state index in [0.717, 1.165) is 32.9 Å². The first-order valence-corrected chi connectivity index (χ1v) is 12.6. The van der Waals surface area contributed by atoms with Gasteiger partial charge in [-0.15, -0.1) is 11.3 Å². The lowest BCUT2D eigenvalue weighted by Gasteiger charge is -2.42. The molecular weight excluding hydrogens is 468 g/mol. The number of anilines is 2. The highest BCUT2D eigenvalue weighted by molar-refractivity contribution is 7.11. The topological polar surface area (TPSA) is 48.4 Å². The van der Waals surface area contributed by atoms with E-state index in [1.807, 2.05) is 91.9 Å². The van der Waals surface area contributed by atoms with Gasteiger partial charge in [-0.2, -0.15) is 5.10 Å². The van der Waals surface area contributed by atoms with Crippen LogP contribution in [0, 0.1) is 0 Å². The fraction of sp³-hybridized carbons (Fsp3) is 0.172. The molecule has 6 rings (SSSR count). The van der Waals surface area contributed by atoms with Crippen molar-refractivity contribution in [2.24, 2.45) is 5.10 Å². The van der Waals surface area contributed by atoms with Gasteiger partial charge in [-0.3, -0.25) is 4.79 Å². The van der Waals surface area contributed by atoms with E-state index in [1.54, 1.807) is 22.6 Å². The van der Waals surface area contributed by atoms with Crippen LogP contribution in [0.1, 0.15) is 31.9 Å². The van der Waals surface area contributed by atoms with Crippen molar-refractivity contribution in [2.75, 3.05) is 38.0 Å². The minimum absolute atomic E-state index is 0.134. The molecule has 0 radical (unpaired) electrons. The molecule has 0 fully saturated rings. The van der Waals surface area contributed by atoms with E-state index in [4.69, 9.17) is 9.84 Å². The Morgan fingerprint density at radius 2 is 1.47 bits per heavy atom. The summed E-state index contributed by atoms with van der Waals surface area (Å²) in [4.78, 5) is 19.0. The number of carbonyl (C=O) groups excluding carboxylic acids is 1. The maximum Gasteiger partial charge on any atom is 0.275 e. The third-order valence-corrected chi connectivity index (χ3v) is 7.67. The van der Waals surface area contributed by atoms with Gasteiger partial charge in [0, 0.05) is 78.8 Å². The Morgan fingerprint density at radius 1 is 0.833 bits per heavy atom. The molecule has 1 aromatic heterocycles. The summed E-state index contributed by atoms with van der Waals surface area (Å²) >= 11 is 1.59. The van der Waals surface area contributed by atoms with Crippen molar-refractivity contribution in [3.8, 4) is 11.5 Å². The zero-order valence-electron chi connectivity index (χ0n) is 20.6. The summed E-state index contributed by atoms with van der Waals surface area (Å²) < 4.78 is 6.55. The van der Waals surface area contributed by atoms with Gasteiger partial charge >= 0.3 is 0 Å². The molecule has 0 unspecified atom stereocenters. The minimum atomic E-state index is -0.958. The number of benzene rings is 3. The normalized spacial score (nSPS) is 15.0. The summed E-state index contributed by atoms with van der Waals surface area (Å²) in [5, 5.41) is 8.49. The van der Waals surface area contributed by atoms with E-state index in [0.29, 0.717) is 17.1 Å². The lowest BCUT2D eigenvalue weighted by molar-refractivity contribution is 0.0675. The summed E-state index contributed by atoms with van der Waals surface area (Å²) in [7, 11) is 8.02. The van der Waals surface area contributed by atoms with Crippen molar-refractivity contribution in [3.63, 3.8) is 0 Å². The van der Waals surface area contributed by atoms with Crippen LogP contribution >= 0.6 is 11.3 Å². The maximum absolute atomic E-state index is 14.0. The number of carbonyl (C=O) groups is 1. The van der Waals surface area contributed by atoms with E-state index < -0.39 is 5.54 Å². The number of hydrogen-bond acceptors (Lipinski definition) is 6. The van der Waals surface area contributed by atoms with Crippen molar-refractivity contribution in [1.29, 1.82) is 0 Å². The predicted octanol–water partition coefficient (Wildman–Crippen LogP) is 5.77. The second-order valence-corrected chi connectivity index (χ2v) is 10.4. The summed E-state index contributed by atoms with van der Waals surface area (Å²) in [6, 6.07) is 24.1. The average Bonchev–Trinajstić information content (AvgIpc) is 3.48. The first-order valence-electron chi connectivity index (χ1n) is 11.7. The first-order chi connectivity index (χ1) is 17.4. The number of hydrazone groups is 1. The van der Waals surface area contributed by atoms with Gasteiger partial charge in [0.2, 0.25) is 0 Å². The van der Waals surface area contributed by atoms with Crippen LogP contribution in [-0.2, 0) is 5.54 Å². The Balaban J connectivity index is 1.68. The fourth-order valence-electron chi connectivity index (χ4n) is 5.11. The Morgan fingerprint density at radius 3 is 2.06 bits per heavy atom. The van der Waals surface area contributed by atoms with Crippen LogP contribution in [-0.4, -0.2) is 45.3 Å². The zero-order chi connectivity index (χ0) is 25.0. The van der Waals surface area contributed by atoms with Crippen molar-refractivity contribution in [3.05, 3.63) is 105 Å². The number of amides is 1. The first kappa shape index (κ1) is 22.4. The van der Waals surface area contributed by atoms with Crippen molar-refractivity contribution in [2.45, 2.75) is 5.54 Å². The Labute approximate surface area is 214 Å². The van der Waals surface area contributed by atoms with E-state index in [1.165, 1.54) is 0 Å². The lowest BCUT2D eigenvalue weighted by Crippen LogP contribution is -2.44. The molecule has 0 atom stereocenters. The van der Waals surface area contributed by atoms with E-state index in [-0.39, 0.29) is 5.91 Å². The van der Waals surface area contributed by atoms with Crippen LogP contribution < -0.4 is 14.5 Å². The molecule has 0 saturated heterocycles. The number of thiophene rings is 1. The molecule has 2 aliphatic heterocycles. The maximum atomic E-state index is 14.0. The van der Waals surface area contributed by atoms with Crippen molar-refractivity contribution < 1.29 is 9.53 Å². The van der Waals surface area contributed by atoms with Gasteiger partial charge in [-0.05, 0) is 29.6 Å². The predicted molar refractivity (Wildman–Crippen MR) is 146 cm³/mol. The fourth-order valence-corrected chi connectivity index (χ4v) is 5.69. The molecule has 0 saturated carbocycles. The van der Waals surface area contributed by atoms with Crippen LogP contribution in [0.15, 0.2) is 83.3 Å². The third-order valence-electron chi connectivity index (χ3n) is 6.86. The van der Waals surface area contributed by atoms with Crippen LogP contribution in [0.25, 0.3) is 0 Å². The molecule has 1 spiro atoms. The molecule has 0 aliphatic carbocycles. The zero-order valence-corrected chi connectivity index (χ0v) is 21.4. The van der Waals surface area contributed by atoms with Crippen molar-refractivity contribution in [1.82, 2.24) is 5.01 Å². The number of ether oxygens (including phenoxy) is 1. The van der Waals surface area contributed by atoms with Gasteiger partial charge in [0.25, 0.3) is 5.91 Å². The SMILES string of the molecule is CN(C)c1ccc2c(c1)Oc1cc(N(C)C)ccc1C21c2ccccc2C(=O)N1/N=C/c1cccs1. The van der Waals surface area contributed by atoms with Crippen LogP contribution in [0.4, 0.5) is 11.4 Å². The molecule has 3 heterocycles. The molecule has 0 bridgehead atoms. The van der Waals surface area contributed by atoms with Gasteiger partial charge in [0.05, 0.1) is 6.21 Å². The Kier molecular flexibility index (Phi) is 5.12. The molecule has 180 valence electrons. The highest BCUT2D eigenvalue weighted by atomic mass is 32.1. The van der Waals surface area contributed by atoms with Crippen LogP contribution in [0.3, 0.4) is 0 Å². The van der Waals surface area contributed by atoms with E-state index in [9.17, 15) is 4.79 Å². The number of rotatable bonds is 4. The van der Waals surface area contributed by atoms with Crippen molar-refractivity contribution >= 4 is 34.8 Å². The van der Waals surface area contributed by atoms with Gasteiger partial charge in [-0.1, -0.05) is 36.4 Å². The quantitative estimate of drug-likeness (QED) is 0.338. The standard InChI is InChI=1S/C29H26N4O2S/c1-31(2)19-11-13-24-26(16-19)35-27-17-20(32(3)4)12-14-25(27)29(24)23-10-6-5-9-22(23)28(34)33(29)30-18-21-8-7-15-36-21/h5-18H,1-4H3/b30-18+. The molecule has 0 N–H and O–H groups in total. The van der Waals surface area contributed by atoms with E-state index in [2.05, 4.69) is 24.3 Å². The monoisotopic (exact) mass is 494 g/mol. The molecule has 3 aromatic carbocycles. The second kappa shape index (κ2) is 8.24. The Hall–Kier alpha value is -4.10. The number of nitrogens with zero attached hydrogens (tertiary/aromatic N) is 4. The van der Waals surface area contributed by atoms with Gasteiger partial charge in [0.1, 0.15) is 17.0 Å². The molecule has 36 heavy (non-hydrogen) atoms. The van der Waals surface area contributed by atoms with Gasteiger partial charge < -0.3 is 14.5 Å². The number of fused-ring (bicyclic) bond motifs is 6. The molecule has 6 nitrogen and oxygen atoms in total. The molecule has 1 amide bonds. The molecular formula is C29H26N4O2S. The molecule has 2 aliphatic rings. The molecule has 4 aromatic rings. The summed E-state index contributed by atoms with van der Waals surface area (Å²) in [6.07, 6.45) is 1.77. The highest BCUT2D eigenvalue weighted by Gasteiger charge is 2.57. The third kappa shape index (κ3) is 3.16. The average molecular weight is 495 g/mol. The minimum Gasteiger partial charge on any atom is -0.456 e. The van der Waals surface area contributed by atoms with Gasteiger partial charge in [-0.25, -0.2) is 5.01 Å².